The topological polar surface area (TPSA) is 55.1 Å². The molecule has 3 N–H and O–H groups in total. The molecule has 0 spiro atoms. The number of nitrogens with one attached hydrogen (secondary N) is 1. The van der Waals surface area contributed by atoms with Crippen LogP contribution in [0.15, 0.2) is 42.5 Å². The third-order valence-electron chi connectivity index (χ3n) is 2.58. The molecular weight excluding hydrogens is 282 g/mol. The Morgan fingerprint density at radius 1 is 1.10 bits per heavy atom. The first-order chi connectivity index (χ1) is 9.47. The van der Waals surface area contributed by atoms with Gasteiger partial charge in [-0.1, -0.05) is 18.3 Å². The monoisotopic (exact) mass is 292 g/mol. The van der Waals surface area contributed by atoms with E-state index >= 15 is 0 Å². The van der Waals surface area contributed by atoms with Crippen LogP contribution in [0, 0.1) is 11.6 Å². The van der Waals surface area contributed by atoms with Crippen LogP contribution in [0.1, 0.15) is 15.9 Å². The maximum absolute atomic E-state index is 13.1. The summed E-state index contributed by atoms with van der Waals surface area (Å²) in [5.74, 6) is -1.57. The maximum atomic E-state index is 13.1. The van der Waals surface area contributed by atoms with Crippen LogP contribution in [0.25, 0.3) is 0 Å². The number of hydrogen-bond acceptors (Lipinski definition) is 2. The second-order valence-electron chi connectivity index (χ2n) is 4.02. The normalized spacial score (nSPS) is 10.1. The van der Waals surface area contributed by atoms with E-state index in [1.165, 1.54) is 30.3 Å². The standard InChI is InChI=1S/C14H10F2N2OS/c15-9-3-1-2-8(6-9)14(19)18-12-5-4-10(16)7-11(12)13(17)20/h1-7H,(H2,17,20)(H,18,19). The lowest BCUT2D eigenvalue weighted by Crippen LogP contribution is -2.18. The summed E-state index contributed by atoms with van der Waals surface area (Å²) < 4.78 is 26.2. The highest BCUT2D eigenvalue weighted by molar-refractivity contribution is 7.80. The van der Waals surface area contributed by atoms with E-state index in [1.807, 2.05) is 0 Å². The van der Waals surface area contributed by atoms with Crippen LogP contribution in [0.2, 0.25) is 0 Å². The van der Waals surface area contributed by atoms with Gasteiger partial charge < -0.3 is 11.1 Å². The molecule has 0 fully saturated rings. The minimum Gasteiger partial charge on any atom is -0.389 e. The lowest BCUT2D eigenvalue weighted by atomic mass is 10.1. The van der Waals surface area contributed by atoms with Gasteiger partial charge in [0.05, 0.1) is 5.69 Å². The molecule has 0 unspecified atom stereocenters. The van der Waals surface area contributed by atoms with Crippen LogP contribution in [0.3, 0.4) is 0 Å². The number of carbonyl (C=O) groups is 1. The molecule has 0 saturated carbocycles. The first kappa shape index (κ1) is 14.1. The zero-order chi connectivity index (χ0) is 14.7. The van der Waals surface area contributed by atoms with Crippen LogP contribution < -0.4 is 11.1 Å². The van der Waals surface area contributed by atoms with E-state index in [0.717, 1.165) is 12.1 Å². The van der Waals surface area contributed by atoms with Gasteiger partial charge in [-0.15, -0.1) is 0 Å². The fraction of sp³-hybridized carbons (Fsp3) is 0. The van der Waals surface area contributed by atoms with Gasteiger partial charge in [0.2, 0.25) is 0 Å². The van der Waals surface area contributed by atoms with Crippen LogP contribution in [-0.4, -0.2) is 10.9 Å². The smallest absolute Gasteiger partial charge is 0.255 e. The summed E-state index contributed by atoms with van der Waals surface area (Å²) in [5, 5.41) is 2.52. The van der Waals surface area contributed by atoms with Crippen LogP contribution >= 0.6 is 12.2 Å². The van der Waals surface area contributed by atoms with Gasteiger partial charge in [-0.2, -0.15) is 0 Å². The van der Waals surface area contributed by atoms with Crippen molar-refractivity contribution >= 4 is 28.8 Å². The number of carbonyl (C=O) groups excluding carboxylic acids is 1. The van der Waals surface area contributed by atoms with Crippen LogP contribution in [0.4, 0.5) is 14.5 Å². The van der Waals surface area contributed by atoms with Crippen LogP contribution in [0.5, 0.6) is 0 Å². The summed E-state index contributed by atoms with van der Waals surface area (Å²) >= 11 is 4.80. The molecule has 0 saturated heterocycles. The molecule has 2 aromatic rings. The first-order valence-corrected chi connectivity index (χ1v) is 6.04. The number of thiocarbonyl (C=S) groups is 1. The molecule has 2 rings (SSSR count). The number of hydrogen-bond donors (Lipinski definition) is 2. The fourth-order valence-electron chi connectivity index (χ4n) is 1.65. The third kappa shape index (κ3) is 3.16. The van der Waals surface area contributed by atoms with Gasteiger partial charge in [0.15, 0.2) is 0 Å². The van der Waals surface area contributed by atoms with Gasteiger partial charge in [0, 0.05) is 11.1 Å². The first-order valence-electron chi connectivity index (χ1n) is 5.63. The molecule has 0 atom stereocenters. The Morgan fingerprint density at radius 3 is 2.45 bits per heavy atom. The predicted molar refractivity (Wildman–Crippen MR) is 76.6 cm³/mol. The molecule has 0 aliphatic heterocycles. The second kappa shape index (κ2) is 5.75. The molecule has 0 radical (unpaired) electrons. The summed E-state index contributed by atoms with van der Waals surface area (Å²) in [4.78, 5) is 11.9. The van der Waals surface area contributed by atoms with E-state index < -0.39 is 17.5 Å². The number of halogens is 2. The highest BCUT2D eigenvalue weighted by Crippen LogP contribution is 2.18. The average molecular weight is 292 g/mol. The fourth-order valence-corrected chi connectivity index (χ4v) is 1.82. The quantitative estimate of drug-likeness (QED) is 0.855. The summed E-state index contributed by atoms with van der Waals surface area (Å²) in [6, 6.07) is 8.85. The highest BCUT2D eigenvalue weighted by atomic mass is 32.1. The van der Waals surface area contributed by atoms with Gasteiger partial charge in [-0.05, 0) is 36.4 Å². The van der Waals surface area contributed by atoms with Crippen LogP contribution in [-0.2, 0) is 0 Å². The molecule has 0 aliphatic rings. The molecular formula is C14H10F2N2OS. The summed E-state index contributed by atoms with van der Waals surface area (Å²) in [6.07, 6.45) is 0. The zero-order valence-electron chi connectivity index (χ0n) is 10.2. The molecule has 0 bridgehead atoms. The molecule has 6 heteroatoms. The SMILES string of the molecule is NC(=S)c1cc(F)ccc1NC(=O)c1cccc(F)c1. The molecule has 1 amide bonds. The zero-order valence-corrected chi connectivity index (χ0v) is 11.0. The van der Waals surface area contributed by atoms with E-state index in [-0.39, 0.29) is 21.8 Å². The van der Waals surface area contributed by atoms with Gasteiger partial charge in [0.1, 0.15) is 16.6 Å². The largest absolute Gasteiger partial charge is 0.389 e. The van der Waals surface area contributed by atoms with E-state index in [4.69, 9.17) is 18.0 Å². The average Bonchev–Trinajstić information content (AvgIpc) is 2.40. The van der Waals surface area contributed by atoms with Gasteiger partial charge in [-0.3, -0.25) is 4.79 Å². The van der Waals surface area contributed by atoms with Crippen molar-refractivity contribution in [3.05, 3.63) is 65.2 Å². The Kier molecular flexibility index (Phi) is 4.05. The van der Waals surface area contributed by atoms with Crippen molar-refractivity contribution in [3.8, 4) is 0 Å². The van der Waals surface area contributed by atoms with Crippen molar-refractivity contribution < 1.29 is 13.6 Å². The summed E-state index contributed by atoms with van der Waals surface area (Å²) in [7, 11) is 0. The Morgan fingerprint density at radius 2 is 1.80 bits per heavy atom. The van der Waals surface area contributed by atoms with Crippen molar-refractivity contribution in [3.63, 3.8) is 0 Å². The number of nitrogens with two attached hydrogens (primary N) is 1. The molecule has 2 aromatic carbocycles. The van der Waals surface area contributed by atoms with Crippen molar-refractivity contribution in [2.75, 3.05) is 5.32 Å². The Hall–Kier alpha value is -2.34. The third-order valence-corrected chi connectivity index (χ3v) is 2.80. The molecule has 0 heterocycles. The number of amides is 1. The van der Waals surface area contributed by atoms with Gasteiger partial charge >= 0.3 is 0 Å². The highest BCUT2D eigenvalue weighted by Gasteiger charge is 2.12. The van der Waals surface area contributed by atoms with E-state index in [9.17, 15) is 13.6 Å². The van der Waals surface area contributed by atoms with Crippen molar-refractivity contribution in [2.24, 2.45) is 5.73 Å². The number of anilines is 1. The Balaban J connectivity index is 2.30. The number of rotatable bonds is 3. The van der Waals surface area contributed by atoms with E-state index in [2.05, 4.69) is 5.32 Å². The van der Waals surface area contributed by atoms with Crippen molar-refractivity contribution in [1.82, 2.24) is 0 Å². The summed E-state index contributed by atoms with van der Waals surface area (Å²) in [5.41, 5.74) is 6.10. The van der Waals surface area contributed by atoms with Gasteiger partial charge in [0.25, 0.3) is 5.91 Å². The lowest BCUT2D eigenvalue weighted by molar-refractivity contribution is 0.102. The van der Waals surface area contributed by atoms with E-state index in [1.54, 1.807) is 0 Å². The predicted octanol–water partition coefficient (Wildman–Crippen LogP) is 2.85. The van der Waals surface area contributed by atoms with Crippen molar-refractivity contribution in [2.45, 2.75) is 0 Å². The molecule has 0 aromatic heterocycles. The Labute approximate surface area is 119 Å². The second-order valence-corrected chi connectivity index (χ2v) is 4.46. The lowest BCUT2D eigenvalue weighted by Gasteiger charge is -2.10. The summed E-state index contributed by atoms with van der Waals surface area (Å²) in [6.45, 7) is 0. The van der Waals surface area contributed by atoms with E-state index in [0.29, 0.717) is 0 Å². The molecule has 0 aliphatic carbocycles. The number of benzene rings is 2. The molecule has 3 nitrogen and oxygen atoms in total. The minimum atomic E-state index is -0.534. The Bertz CT molecular complexity index is 689. The minimum absolute atomic E-state index is 0.0426. The maximum Gasteiger partial charge on any atom is 0.255 e. The van der Waals surface area contributed by atoms with Crippen molar-refractivity contribution in [1.29, 1.82) is 0 Å². The van der Waals surface area contributed by atoms with Gasteiger partial charge in [-0.25, -0.2) is 8.78 Å². The molecule has 102 valence electrons. The molecule has 20 heavy (non-hydrogen) atoms.